The van der Waals surface area contributed by atoms with Gasteiger partial charge in [0.05, 0.1) is 24.7 Å². The highest BCUT2D eigenvalue weighted by molar-refractivity contribution is 5.98. The van der Waals surface area contributed by atoms with Gasteiger partial charge in [-0.2, -0.15) is 0 Å². The third kappa shape index (κ3) is 5.31. The highest BCUT2D eigenvalue weighted by atomic mass is 16.5. The van der Waals surface area contributed by atoms with E-state index in [1.165, 1.54) is 4.90 Å². The van der Waals surface area contributed by atoms with Crippen LogP contribution in [0.1, 0.15) is 91.2 Å². The van der Waals surface area contributed by atoms with Crippen LogP contribution in [0, 0.1) is 0 Å². The van der Waals surface area contributed by atoms with Gasteiger partial charge in [0, 0.05) is 31.1 Å². The molecule has 4 heterocycles. The molecule has 6 bridgehead atoms. The van der Waals surface area contributed by atoms with Gasteiger partial charge >= 0.3 is 0 Å². The van der Waals surface area contributed by atoms with Gasteiger partial charge in [-0.25, -0.2) is 4.99 Å². The molecule has 2 aromatic rings. The van der Waals surface area contributed by atoms with Crippen LogP contribution in [0.2, 0.25) is 0 Å². The molecule has 8 nitrogen and oxygen atoms in total. The molecule has 0 aromatic heterocycles. The lowest BCUT2D eigenvalue weighted by atomic mass is 9.88. The first-order valence-corrected chi connectivity index (χ1v) is 13.2. The lowest BCUT2D eigenvalue weighted by molar-refractivity contribution is -0.128. The van der Waals surface area contributed by atoms with Crippen molar-refractivity contribution < 1.29 is 19.1 Å². The van der Waals surface area contributed by atoms with Gasteiger partial charge in [-0.3, -0.25) is 14.5 Å². The van der Waals surface area contributed by atoms with Gasteiger partial charge in [0.2, 0.25) is 5.91 Å². The SMILES string of the molecule is COC(C)c1ccc2cc1CN1C(=O)CC(CC/C=C\c3ccc4c(c3)C(CC(C)(C)O4)NC2=O)N=C1N. The standard InChI is InChI=1S/C30H36N4O4/c1-18(37-4)23-11-10-20-14-21(23)17-34-27(35)15-22(32-29(34)31)8-6-5-7-19-9-12-26-24(13-19)25(33-28(20)36)16-30(2,3)38-26/h5,7,9-14,18,22,25H,6,8,15-17H2,1-4H3,(H2,31,32)(H,33,36)/b7-5-. The van der Waals surface area contributed by atoms with Crippen molar-refractivity contribution >= 4 is 23.8 Å². The summed E-state index contributed by atoms with van der Waals surface area (Å²) in [6.45, 7) is 6.23. The third-order valence-corrected chi connectivity index (χ3v) is 7.60. The van der Waals surface area contributed by atoms with Crippen molar-refractivity contribution in [1.29, 1.82) is 0 Å². The van der Waals surface area contributed by atoms with E-state index >= 15 is 0 Å². The second kappa shape index (κ2) is 10.3. The highest BCUT2D eigenvalue weighted by Gasteiger charge is 2.35. The lowest BCUT2D eigenvalue weighted by Gasteiger charge is -2.38. The van der Waals surface area contributed by atoms with Gasteiger partial charge in [0.1, 0.15) is 11.4 Å². The minimum absolute atomic E-state index is 0.0665. The normalized spacial score (nSPS) is 24.4. The predicted molar refractivity (Wildman–Crippen MR) is 147 cm³/mol. The zero-order chi connectivity index (χ0) is 27.0. The maximum Gasteiger partial charge on any atom is 0.251 e. The summed E-state index contributed by atoms with van der Waals surface area (Å²) in [5.74, 6) is 0.747. The summed E-state index contributed by atoms with van der Waals surface area (Å²) < 4.78 is 11.8. The maximum atomic E-state index is 13.6. The Kier molecular flexibility index (Phi) is 7.01. The van der Waals surface area contributed by atoms with E-state index in [0.29, 0.717) is 18.4 Å². The molecule has 3 unspecified atom stereocenters. The number of guanidine groups is 1. The number of nitrogens with zero attached hydrogens (tertiary/aromatic N) is 2. The summed E-state index contributed by atoms with van der Waals surface area (Å²) in [6, 6.07) is 11.3. The molecule has 0 radical (unpaired) electrons. The molecule has 0 fully saturated rings. The minimum atomic E-state index is -0.425. The average molecular weight is 517 g/mol. The van der Waals surface area contributed by atoms with E-state index in [1.54, 1.807) is 13.2 Å². The molecule has 38 heavy (non-hydrogen) atoms. The monoisotopic (exact) mass is 516 g/mol. The molecule has 3 atom stereocenters. The molecule has 6 rings (SSSR count). The number of nitrogens with two attached hydrogens (primary N) is 1. The van der Waals surface area contributed by atoms with E-state index in [9.17, 15) is 9.59 Å². The van der Waals surface area contributed by atoms with E-state index in [4.69, 9.17) is 15.2 Å². The number of ether oxygens (including phenoxy) is 2. The van der Waals surface area contributed by atoms with E-state index in [0.717, 1.165) is 40.8 Å². The Hall–Kier alpha value is -3.65. The summed E-state index contributed by atoms with van der Waals surface area (Å²) in [6.07, 6.45) is 6.39. The Morgan fingerprint density at radius 3 is 2.79 bits per heavy atom. The smallest absolute Gasteiger partial charge is 0.251 e. The van der Waals surface area contributed by atoms with Gasteiger partial charge in [-0.05, 0) is 74.6 Å². The van der Waals surface area contributed by atoms with Gasteiger partial charge in [-0.1, -0.05) is 24.3 Å². The van der Waals surface area contributed by atoms with Crippen LogP contribution in [-0.4, -0.2) is 41.4 Å². The van der Waals surface area contributed by atoms with Gasteiger partial charge < -0.3 is 20.5 Å². The first-order chi connectivity index (χ1) is 18.1. The quantitative estimate of drug-likeness (QED) is 0.604. The molecule has 8 heteroatoms. The Morgan fingerprint density at radius 1 is 1.21 bits per heavy atom. The van der Waals surface area contributed by atoms with Crippen molar-refractivity contribution in [3.05, 3.63) is 70.3 Å². The van der Waals surface area contributed by atoms with E-state index < -0.39 is 5.60 Å². The number of carbonyl (C=O) groups excluding carboxylic acids is 2. The van der Waals surface area contributed by atoms with Crippen LogP contribution in [0.15, 0.2) is 47.5 Å². The zero-order valence-corrected chi connectivity index (χ0v) is 22.5. The van der Waals surface area contributed by atoms with E-state index in [2.05, 4.69) is 28.5 Å². The van der Waals surface area contributed by atoms with Crippen molar-refractivity contribution in [1.82, 2.24) is 10.2 Å². The summed E-state index contributed by atoms with van der Waals surface area (Å²) in [4.78, 5) is 32.8. The highest BCUT2D eigenvalue weighted by Crippen LogP contribution is 2.40. The fourth-order valence-electron chi connectivity index (χ4n) is 5.51. The first kappa shape index (κ1) is 26.0. The van der Waals surface area contributed by atoms with Crippen molar-refractivity contribution in [2.45, 2.75) is 76.8 Å². The molecule has 2 amide bonds. The number of aliphatic imine (C=N–C) groups is 1. The molecule has 4 aliphatic heterocycles. The maximum absolute atomic E-state index is 13.6. The minimum Gasteiger partial charge on any atom is -0.487 e. The molecule has 4 aliphatic rings. The van der Waals surface area contributed by atoms with Gasteiger partial charge in [-0.15, -0.1) is 0 Å². The molecule has 2 aromatic carbocycles. The largest absolute Gasteiger partial charge is 0.487 e. The molecular formula is C30H36N4O4. The van der Waals surface area contributed by atoms with Crippen molar-refractivity contribution in [3.63, 3.8) is 0 Å². The van der Waals surface area contributed by atoms with Crippen LogP contribution in [0.3, 0.4) is 0 Å². The fourth-order valence-corrected chi connectivity index (χ4v) is 5.51. The topological polar surface area (TPSA) is 106 Å². The molecule has 0 saturated carbocycles. The number of hydrogen-bond donors (Lipinski definition) is 2. The van der Waals surface area contributed by atoms with E-state index in [-0.39, 0.29) is 42.5 Å². The second-order valence-electron chi connectivity index (χ2n) is 11.0. The predicted octanol–water partition coefficient (Wildman–Crippen LogP) is 4.65. The van der Waals surface area contributed by atoms with Crippen LogP contribution in [0.25, 0.3) is 6.08 Å². The molecule has 3 N–H and O–H groups in total. The number of hydrogen-bond acceptors (Lipinski definition) is 6. The molecule has 200 valence electrons. The summed E-state index contributed by atoms with van der Waals surface area (Å²) >= 11 is 0. The fraction of sp³-hybridized carbons (Fsp3) is 0.433. The Morgan fingerprint density at radius 2 is 2.03 bits per heavy atom. The lowest BCUT2D eigenvalue weighted by Crippen LogP contribution is -2.47. The number of benzene rings is 2. The van der Waals surface area contributed by atoms with Crippen molar-refractivity contribution in [2.75, 3.05) is 7.11 Å². The second-order valence-corrected chi connectivity index (χ2v) is 11.0. The Balaban J connectivity index is 1.58. The number of amides is 2. The third-order valence-electron chi connectivity index (χ3n) is 7.60. The van der Waals surface area contributed by atoms with Crippen LogP contribution in [-0.2, 0) is 16.1 Å². The van der Waals surface area contributed by atoms with Gasteiger partial charge in [0.15, 0.2) is 5.96 Å². The number of nitrogens with one attached hydrogen (secondary N) is 1. The van der Waals surface area contributed by atoms with Crippen LogP contribution in [0.4, 0.5) is 0 Å². The van der Waals surface area contributed by atoms with Gasteiger partial charge in [0.25, 0.3) is 5.91 Å². The number of fused-ring (bicyclic) bond motifs is 4. The summed E-state index contributed by atoms with van der Waals surface area (Å²) in [7, 11) is 1.64. The summed E-state index contributed by atoms with van der Waals surface area (Å²) in [5.41, 5.74) is 10.1. The number of carbonyl (C=O) groups is 2. The molecule has 0 aliphatic carbocycles. The van der Waals surface area contributed by atoms with Crippen LogP contribution in [0.5, 0.6) is 5.75 Å². The Bertz CT molecular complexity index is 1320. The van der Waals surface area contributed by atoms with E-state index in [1.807, 2.05) is 45.0 Å². The Labute approximate surface area is 223 Å². The van der Waals surface area contributed by atoms with Crippen molar-refractivity contribution in [3.8, 4) is 5.75 Å². The first-order valence-electron chi connectivity index (χ1n) is 13.2. The molecule has 0 spiro atoms. The molecular weight excluding hydrogens is 480 g/mol. The van der Waals surface area contributed by atoms with Crippen LogP contribution < -0.4 is 15.8 Å². The number of rotatable bonds is 2. The summed E-state index contributed by atoms with van der Waals surface area (Å²) in [5, 5.41) is 3.25. The van der Waals surface area contributed by atoms with Crippen molar-refractivity contribution in [2.24, 2.45) is 10.7 Å². The zero-order valence-electron chi connectivity index (χ0n) is 22.5. The average Bonchev–Trinajstić information content (AvgIpc) is 2.87. The molecule has 0 saturated heterocycles. The number of allylic oxidation sites excluding steroid dienone is 1. The van der Waals surface area contributed by atoms with Crippen LogP contribution >= 0.6 is 0 Å². The number of methoxy groups -OCH3 is 1.